The van der Waals surface area contributed by atoms with Gasteiger partial charge >= 0.3 is 0 Å². The number of aliphatic hydroxyl groups excluding tert-OH is 1. The Balaban J connectivity index is 1.42. The Morgan fingerprint density at radius 2 is 1.86 bits per heavy atom. The number of rotatable bonds is 9. The molecule has 1 unspecified atom stereocenters. The number of fused-ring (bicyclic) bond motifs is 1. The predicted molar refractivity (Wildman–Crippen MR) is 146 cm³/mol. The maximum absolute atomic E-state index is 13.0. The minimum Gasteiger partial charge on any atom is -0.392 e. The minimum absolute atomic E-state index is 0.0129. The van der Waals surface area contributed by atoms with Crippen molar-refractivity contribution in [2.75, 3.05) is 16.8 Å². The first-order valence-corrected chi connectivity index (χ1v) is 12.5. The maximum atomic E-state index is 13.0. The Labute approximate surface area is 216 Å². The van der Waals surface area contributed by atoms with Crippen LogP contribution in [-0.2, 0) is 19.6 Å². The quantitative estimate of drug-likeness (QED) is 0.334. The SMILES string of the molecule is C=CCC(Cc1cccc(CO)c1)Nc1nccc(N2CCCn3c2nc(-c2ccccc2)cc3=O)n1. The highest BCUT2D eigenvalue weighted by Crippen LogP contribution is 2.28. The second kappa shape index (κ2) is 11.2. The first-order chi connectivity index (χ1) is 18.1. The van der Waals surface area contributed by atoms with Crippen LogP contribution >= 0.6 is 0 Å². The van der Waals surface area contributed by atoms with Crippen molar-refractivity contribution in [3.8, 4) is 11.3 Å². The lowest BCUT2D eigenvalue weighted by atomic mass is 10.0. The van der Waals surface area contributed by atoms with Crippen LogP contribution < -0.4 is 15.8 Å². The monoisotopic (exact) mass is 494 g/mol. The molecule has 0 saturated heterocycles. The van der Waals surface area contributed by atoms with Gasteiger partial charge in [0.1, 0.15) is 5.82 Å². The Kier molecular flexibility index (Phi) is 7.37. The highest BCUT2D eigenvalue weighted by Gasteiger charge is 2.23. The lowest BCUT2D eigenvalue weighted by Crippen LogP contribution is -2.36. The molecule has 0 bridgehead atoms. The Hall–Kier alpha value is -4.30. The molecule has 0 aliphatic carbocycles. The first-order valence-electron chi connectivity index (χ1n) is 12.5. The average Bonchev–Trinajstić information content (AvgIpc) is 2.93. The minimum atomic E-state index is -0.0721. The number of nitrogens with one attached hydrogen (secondary N) is 1. The molecule has 0 radical (unpaired) electrons. The van der Waals surface area contributed by atoms with E-state index in [-0.39, 0.29) is 18.2 Å². The molecule has 2 aromatic heterocycles. The summed E-state index contributed by atoms with van der Waals surface area (Å²) in [5, 5.41) is 12.9. The van der Waals surface area contributed by atoms with Crippen molar-refractivity contribution in [2.45, 2.75) is 38.5 Å². The van der Waals surface area contributed by atoms with Gasteiger partial charge < -0.3 is 10.4 Å². The van der Waals surface area contributed by atoms with Crippen molar-refractivity contribution in [1.29, 1.82) is 0 Å². The van der Waals surface area contributed by atoms with Crippen LogP contribution in [0.15, 0.2) is 90.4 Å². The normalized spacial score (nSPS) is 13.6. The van der Waals surface area contributed by atoms with Gasteiger partial charge in [0.2, 0.25) is 11.9 Å². The molecule has 1 aliphatic rings. The summed E-state index contributed by atoms with van der Waals surface area (Å²) in [6.45, 7) is 5.24. The van der Waals surface area contributed by atoms with Gasteiger partial charge in [0.25, 0.3) is 5.56 Å². The summed E-state index contributed by atoms with van der Waals surface area (Å²) in [5.41, 5.74) is 3.47. The molecule has 0 saturated carbocycles. The highest BCUT2D eigenvalue weighted by atomic mass is 16.3. The lowest BCUT2D eigenvalue weighted by Gasteiger charge is -2.30. The van der Waals surface area contributed by atoms with Crippen LogP contribution in [0.4, 0.5) is 17.7 Å². The molecular weight excluding hydrogens is 464 g/mol. The summed E-state index contributed by atoms with van der Waals surface area (Å²) in [6, 6.07) is 21.1. The molecule has 188 valence electrons. The predicted octanol–water partition coefficient (Wildman–Crippen LogP) is 4.33. The van der Waals surface area contributed by atoms with Crippen molar-refractivity contribution >= 4 is 17.7 Å². The van der Waals surface area contributed by atoms with Crippen LogP contribution in [0.3, 0.4) is 0 Å². The summed E-state index contributed by atoms with van der Waals surface area (Å²) >= 11 is 0. The van der Waals surface area contributed by atoms with Crippen molar-refractivity contribution in [2.24, 2.45) is 0 Å². The van der Waals surface area contributed by atoms with E-state index in [0.717, 1.165) is 36.0 Å². The van der Waals surface area contributed by atoms with Crippen LogP contribution in [0.2, 0.25) is 0 Å². The van der Waals surface area contributed by atoms with Crippen molar-refractivity contribution in [1.82, 2.24) is 19.5 Å². The van der Waals surface area contributed by atoms with Crippen molar-refractivity contribution in [3.05, 3.63) is 107 Å². The van der Waals surface area contributed by atoms with Gasteiger partial charge in [-0.25, -0.2) is 9.97 Å². The van der Waals surface area contributed by atoms with E-state index in [0.29, 0.717) is 36.5 Å². The number of aliphatic hydroxyl groups is 1. The second-order valence-corrected chi connectivity index (χ2v) is 9.09. The van der Waals surface area contributed by atoms with Crippen LogP contribution in [-0.4, -0.2) is 37.2 Å². The molecule has 0 spiro atoms. The van der Waals surface area contributed by atoms with E-state index in [9.17, 15) is 9.90 Å². The third-order valence-electron chi connectivity index (χ3n) is 6.42. The summed E-state index contributed by atoms with van der Waals surface area (Å²) in [6.07, 6.45) is 5.87. The van der Waals surface area contributed by atoms with Crippen molar-refractivity contribution < 1.29 is 5.11 Å². The molecule has 1 aliphatic heterocycles. The van der Waals surface area contributed by atoms with Gasteiger partial charge in [0.05, 0.1) is 12.3 Å². The van der Waals surface area contributed by atoms with Crippen LogP contribution in [0.1, 0.15) is 24.0 Å². The number of aromatic nitrogens is 4. The number of nitrogens with zero attached hydrogens (tertiary/aromatic N) is 5. The summed E-state index contributed by atoms with van der Waals surface area (Å²) in [7, 11) is 0. The molecule has 4 aromatic rings. The fraction of sp³-hybridized carbons (Fsp3) is 0.241. The second-order valence-electron chi connectivity index (χ2n) is 9.09. The van der Waals surface area contributed by atoms with E-state index in [1.807, 2.05) is 71.6 Å². The van der Waals surface area contributed by atoms with Gasteiger partial charge in [0, 0.05) is 37.0 Å². The Morgan fingerprint density at radius 3 is 2.68 bits per heavy atom. The molecular formula is C29H30N6O2. The van der Waals surface area contributed by atoms with Crippen LogP contribution in [0.25, 0.3) is 11.3 Å². The van der Waals surface area contributed by atoms with Crippen LogP contribution in [0.5, 0.6) is 0 Å². The number of benzene rings is 2. The molecule has 3 heterocycles. The van der Waals surface area contributed by atoms with Gasteiger partial charge in [-0.15, -0.1) is 6.58 Å². The third kappa shape index (κ3) is 5.59. The van der Waals surface area contributed by atoms with Gasteiger partial charge in [-0.1, -0.05) is 60.7 Å². The van der Waals surface area contributed by atoms with Gasteiger partial charge in [-0.05, 0) is 36.5 Å². The third-order valence-corrected chi connectivity index (χ3v) is 6.42. The number of anilines is 3. The van der Waals surface area contributed by atoms with E-state index in [1.54, 1.807) is 16.8 Å². The molecule has 0 fully saturated rings. The molecule has 1 atom stereocenters. The van der Waals surface area contributed by atoms with Gasteiger partial charge in [0.15, 0.2) is 0 Å². The largest absolute Gasteiger partial charge is 0.392 e. The zero-order valence-electron chi connectivity index (χ0n) is 20.6. The summed E-state index contributed by atoms with van der Waals surface area (Å²) in [4.78, 5) is 29.1. The van der Waals surface area contributed by atoms with E-state index >= 15 is 0 Å². The standard InChI is InChI=1S/C29H30N6O2/c1-2-8-24(18-21-9-6-10-22(17-21)20-36)31-28-30-14-13-26(33-28)34-15-7-16-35-27(37)19-25(32-29(34)35)23-11-4-3-5-12-23/h2-6,9-14,17,19,24,36H,1,7-8,15-16,18,20H2,(H,30,31,33). The summed E-state index contributed by atoms with van der Waals surface area (Å²) in [5.74, 6) is 1.77. The number of hydrogen-bond acceptors (Lipinski definition) is 7. The molecule has 37 heavy (non-hydrogen) atoms. The molecule has 0 amide bonds. The Bertz CT molecular complexity index is 1440. The zero-order valence-corrected chi connectivity index (χ0v) is 20.6. The zero-order chi connectivity index (χ0) is 25.6. The Morgan fingerprint density at radius 1 is 1.03 bits per heavy atom. The van der Waals surface area contributed by atoms with Gasteiger partial charge in [-0.2, -0.15) is 4.98 Å². The fourth-order valence-electron chi connectivity index (χ4n) is 4.66. The van der Waals surface area contributed by atoms with Crippen molar-refractivity contribution in [3.63, 3.8) is 0 Å². The van der Waals surface area contributed by atoms with E-state index < -0.39 is 0 Å². The smallest absolute Gasteiger partial charge is 0.255 e. The topological polar surface area (TPSA) is 96.2 Å². The number of hydrogen-bond donors (Lipinski definition) is 2. The van der Waals surface area contributed by atoms with E-state index in [1.165, 1.54) is 0 Å². The molecule has 8 heteroatoms. The lowest BCUT2D eigenvalue weighted by molar-refractivity contribution is 0.281. The molecule has 8 nitrogen and oxygen atoms in total. The summed E-state index contributed by atoms with van der Waals surface area (Å²) < 4.78 is 1.71. The first kappa shape index (κ1) is 24.4. The van der Waals surface area contributed by atoms with E-state index in [2.05, 4.69) is 16.9 Å². The molecule has 2 N–H and O–H groups in total. The average molecular weight is 495 g/mol. The fourth-order valence-corrected chi connectivity index (χ4v) is 4.66. The molecule has 5 rings (SSSR count). The highest BCUT2D eigenvalue weighted by molar-refractivity contribution is 5.63. The maximum Gasteiger partial charge on any atom is 0.255 e. The van der Waals surface area contributed by atoms with E-state index in [4.69, 9.17) is 9.97 Å². The van der Waals surface area contributed by atoms with Gasteiger partial charge in [-0.3, -0.25) is 14.3 Å². The van der Waals surface area contributed by atoms with Crippen LogP contribution in [0, 0.1) is 0 Å². The molecule has 2 aromatic carbocycles.